The summed E-state index contributed by atoms with van der Waals surface area (Å²) < 4.78 is 18.6. The van der Waals surface area contributed by atoms with E-state index in [1.807, 2.05) is 19.1 Å². The lowest BCUT2D eigenvalue weighted by molar-refractivity contribution is 0.189. The van der Waals surface area contributed by atoms with E-state index in [2.05, 4.69) is 0 Å². The number of halogens is 2. The number of hydrogen-bond acceptors (Lipinski definition) is 2. The van der Waals surface area contributed by atoms with Crippen LogP contribution in [0.3, 0.4) is 0 Å². The third-order valence-electron chi connectivity index (χ3n) is 3.11. The highest BCUT2D eigenvalue weighted by molar-refractivity contribution is 6.30. The highest BCUT2D eigenvalue weighted by Gasteiger charge is 2.15. The molecule has 2 N–H and O–H groups in total. The predicted octanol–water partition coefficient (Wildman–Crippen LogP) is 3.82. The summed E-state index contributed by atoms with van der Waals surface area (Å²) in [7, 11) is 0. The van der Waals surface area contributed by atoms with Crippen LogP contribution < -0.4 is 10.5 Å². The van der Waals surface area contributed by atoms with Crippen molar-refractivity contribution in [3.8, 4) is 5.75 Å². The van der Waals surface area contributed by atoms with Crippen molar-refractivity contribution in [3.05, 3.63) is 64.9 Å². The van der Waals surface area contributed by atoms with E-state index < -0.39 is 0 Å². The van der Waals surface area contributed by atoms with Crippen LogP contribution in [0, 0.1) is 5.82 Å². The average Bonchev–Trinajstić information content (AvgIpc) is 2.41. The minimum absolute atomic E-state index is 0.168. The van der Waals surface area contributed by atoms with Gasteiger partial charge in [-0.3, -0.25) is 0 Å². The summed E-state index contributed by atoms with van der Waals surface area (Å²) in [6.45, 7) is 1.91. The molecule has 0 aliphatic heterocycles. The van der Waals surface area contributed by atoms with Crippen LogP contribution in [-0.4, -0.2) is 12.1 Å². The fraction of sp³-hybridized carbons (Fsp3) is 0.250. The Balaban J connectivity index is 1.94. The Hall–Kier alpha value is -1.58. The Bertz CT molecular complexity index is 559. The molecule has 2 nitrogen and oxygen atoms in total. The number of benzene rings is 2. The second-order valence-corrected chi connectivity index (χ2v) is 5.21. The fourth-order valence-corrected chi connectivity index (χ4v) is 2.08. The fourth-order valence-electron chi connectivity index (χ4n) is 1.90. The maximum Gasteiger partial charge on any atom is 0.123 e. The molecule has 0 aliphatic carbocycles. The van der Waals surface area contributed by atoms with Gasteiger partial charge in [-0.25, -0.2) is 4.39 Å². The number of rotatable bonds is 5. The van der Waals surface area contributed by atoms with Crippen molar-refractivity contribution in [3.63, 3.8) is 0 Å². The van der Waals surface area contributed by atoms with Crippen molar-refractivity contribution in [2.24, 2.45) is 5.73 Å². The molecule has 0 aromatic heterocycles. The van der Waals surface area contributed by atoms with Crippen molar-refractivity contribution >= 4 is 11.6 Å². The molecule has 0 saturated carbocycles. The lowest BCUT2D eigenvalue weighted by Crippen LogP contribution is -2.38. The summed E-state index contributed by atoms with van der Waals surface area (Å²) in [5.74, 6) is 0.449. The van der Waals surface area contributed by atoms with Gasteiger partial charge in [-0.05, 0) is 49.2 Å². The van der Waals surface area contributed by atoms with Crippen LogP contribution in [0.4, 0.5) is 4.39 Å². The molecular formula is C16H17ClFNO. The van der Waals surface area contributed by atoms with Crippen molar-refractivity contribution in [1.82, 2.24) is 0 Å². The van der Waals surface area contributed by atoms with E-state index in [4.69, 9.17) is 22.1 Å². The van der Waals surface area contributed by atoms with Crippen molar-refractivity contribution in [1.29, 1.82) is 0 Å². The molecule has 0 aliphatic rings. The molecule has 2 aromatic carbocycles. The zero-order valence-electron chi connectivity index (χ0n) is 11.2. The Morgan fingerprint density at radius 1 is 1.20 bits per heavy atom. The lowest BCUT2D eigenvalue weighted by Gasteiger charge is -2.21. The van der Waals surface area contributed by atoms with Gasteiger partial charge in [0, 0.05) is 11.1 Å². The molecule has 2 unspecified atom stereocenters. The highest BCUT2D eigenvalue weighted by atomic mass is 35.5. The maximum atomic E-state index is 12.8. The summed E-state index contributed by atoms with van der Waals surface area (Å²) in [5.41, 5.74) is 7.11. The van der Waals surface area contributed by atoms with Gasteiger partial charge in [0.25, 0.3) is 0 Å². The predicted molar refractivity (Wildman–Crippen MR) is 79.6 cm³/mol. The van der Waals surface area contributed by atoms with E-state index in [1.165, 1.54) is 12.1 Å². The third-order valence-corrected chi connectivity index (χ3v) is 3.34. The van der Waals surface area contributed by atoms with E-state index in [9.17, 15) is 4.39 Å². The first-order valence-electron chi connectivity index (χ1n) is 6.47. The van der Waals surface area contributed by atoms with Gasteiger partial charge in [0.05, 0.1) is 0 Å². The number of ether oxygens (including phenoxy) is 1. The van der Waals surface area contributed by atoms with E-state index >= 15 is 0 Å². The standard InChI is InChI=1S/C16H17ClFNO/c1-11(20-15-4-2-3-13(17)10-15)16(19)9-12-5-7-14(18)8-6-12/h2-8,10-11,16H,9,19H2,1H3. The second kappa shape index (κ2) is 6.73. The molecule has 0 radical (unpaired) electrons. The third kappa shape index (κ3) is 4.22. The van der Waals surface area contributed by atoms with Gasteiger partial charge in [0.2, 0.25) is 0 Å². The zero-order valence-corrected chi connectivity index (χ0v) is 12.0. The summed E-state index contributed by atoms with van der Waals surface area (Å²) in [4.78, 5) is 0. The van der Waals surface area contributed by atoms with Crippen LogP contribution >= 0.6 is 11.6 Å². The molecule has 0 amide bonds. The van der Waals surface area contributed by atoms with Crippen molar-refractivity contribution < 1.29 is 9.13 Å². The smallest absolute Gasteiger partial charge is 0.123 e. The van der Waals surface area contributed by atoms with E-state index in [0.29, 0.717) is 17.2 Å². The van der Waals surface area contributed by atoms with Crippen LogP contribution in [0.2, 0.25) is 5.02 Å². The van der Waals surface area contributed by atoms with Gasteiger partial charge in [-0.1, -0.05) is 29.8 Å². The molecular weight excluding hydrogens is 277 g/mol. The number of hydrogen-bond donors (Lipinski definition) is 1. The Labute approximate surface area is 123 Å². The first kappa shape index (κ1) is 14.8. The molecule has 0 bridgehead atoms. The summed E-state index contributed by atoms with van der Waals surface area (Å²) in [6.07, 6.45) is 0.459. The molecule has 0 spiro atoms. The maximum absolute atomic E-state index is 12.8. The van der Waals surface area contributed by atoms with E-state index in [0.717, 1.165) is 5.56 Å². The molecule has 0 saturated heterocycles. The Morgan fingerprint density at radius 3 is 2.55 bits per heavy atom. The summed E-state index contributed by atoms with van der Waals surface area (Å²) >= 11 is 5.91. The first-order chi connectivity index (χ1) is 9.54. The van der Waals surface area contributed by atoms with Crippen LogP contribution in [0.15, 0.2) is 48.5 Å². The zero-order chi connectivity index (χ0) is 14.5. The van der Waals surface area contributed by atoms with Gasteiger partial charge in [0.1, 0.15) is 17.7 Å². The molecule has 2 rings (SSSR count). The molecule has 0 fully saturated rings. The van der Waals surface area contributed by atoms with Gasteiger partial charge in [-0.15, -0.1) is 0 Å². The molecule has 4 heteroatoms. The summed E-state index contributed by atoms with van der Waals surface area (Å²) in [5, 5.41) is 0.627. The van der Waals surface area contributed by atoms with Gasteiger partial charge >= 0.3 is 0 Å². The average molecular weight is 294 g/mol. The van der Waals surface area contributed by atoms with Gasteiger partial charge in [0.15, 0.2) is 0 Å². The highest BCUT2D eigenvalue weighted by Crippen LogP contribution is 2.19. The molecule has 2 atom stereocenters. The number of nitrogens with two attached hydrogens (primary N) is 1. The molecule has 0 heterocycles. The first-order valence-corrected chi connectivity index (χ1v) is 6.84. The second-order valence-electron chi connectivity index (χ2n) is 4.77. The van der Waals surface area contributed by atoms with Crippen LogP contribution in [-0.2, 0) is 6.42 Å². The largest absolute Gasteiger partial charge is 0.489 e. The van der Waals surface area contributed by atoms with E-state index in [1.54, 1.807) is 24.3 Å². The van der Waals surface area contributed by atoms with Gasteiger partial charge < -0.3 is 10.5 Å². The quantitative estimate of drug-likeness (QED) is 0.909. The minimum Gasteiger partial charge on any atom is -0.489 e. The molecule has 106 valence electrons. The Morgan fingerprint density at radius 2 is 1.90 bits per heavy atom. The van der Waals surface area contributed by atoms with Crippen LogP contribution in [0.1, 0.15) is 12.5 Å². The van der Waals surface area contributed by atoms with Crippen LogP contribution in [0.25, 0.3) is 0 Å². The Kier molecular flexibility index (Phi) is 4.99. The normalized spacial score (nSPS) is 13.8. The van der Waals surface area contributed by atoms with Crippen LogP contribution in [0.5, 0.6) is 5.75 Å². The monoisotopic (exact) mass is 293 g/mol. The topological polar surface area (TPSA) is 35.2 Å². The molecule has 2 aromatic rings. The van der Waals surface area contributed by atoms with Crippen molar-refractivity contribution in [2.75, 3.05) is 0 Å². The van der Waals surface area contributed by atoms with E-state index in [-0.39, 0.29) is 18.0 Å². The minimum atomic E-state index is -0.245. The SMILES string of the molecule is CC(Oc1cccc(Cl)c1)C(N)Cc1ccc(F)cc1. The van der Waals surface area contributed by atoms with Gasteiger partial charge in [-0.2, -0.15) is 0 Å². The van der Waals surface area contributed by atoms with Crippen molar-refractivity contribution in [2.45, 2.75) is 25.5 Å². The molecule has 20 heavy (non-hydrogen) atoms. The lowest BCUT2D eigenvalue weighted by atomic mass is 10.0. The summed E-state index contributed by atoms with van der Waals surface area (Å²) in [6, 6.07) is 13.4.